The molecule has 1 aromatic carbocycles. The van der Waals surface area contributed by atoms with Crippen LogP contribution >= 0.6 is 0 Å². The van der Waals surface area contributed by atoms with E-state index in [1.165, 1.54) is 11.9 Å². The lowest BCUT2D eigenvalue weighted by molar-refractivity contribution is 0.582. The Bertz CT molecular complexity index is 434. The van der Waals surface area contributed by atoms with Gasteiger partial charge in [-0.25, -0.2) is 9.67 Å². The van der Waals surface area contributed by atoms with Gasteiger partial charge in [0.1, 0.15) is 12.7 Å². The van der Waals surface area contributed by atoms with E-state index in [0.717, 1.165) is 12.2 Å². The molecular formula is C12H17N5. The maximum Gasteiger partial charge on any atom is 0.138 e. The molecule has 0 saturated carbocycles. The summed E-state index contributed by atoms with van der Waals surface area (Å²) in [7, 11) is 0. The van der Waals surface area contributed by atoms with Crippen molar-refractivity contribution >= 4 is 0 Å². The molecule has 17 heavy (non-hydrogen) atoms. The Morgan fingerprint density at radius 3 is 2.71 bits per heavy atom. The quantitative estimate of drug-likeness (QED) is 0.801. The fourth-order valence-electron chi connectivity index (χ4n) is 1.67. The molecule has 0 fully saturated rings. The van der Waals surface area contributed by atoms with Gasteiger partial charge in [0.15, 0.2) is 0 Å². The van der Waals surface area contributed by atoms with Crippen molar-refractivity contribution in [3.8, 4) is 5.69 Å². The van der Waals surface area contributed by atoms with E-state index in [0.29, 0.717) is 12.6 Å². The van der Waals surface area contributed by atoms with Crippen molar-refractivity contribution in [1.29, 1.82) is 0 Å². The zero-order valence-electron chi connectivity index (χ0n) is 9.87. The number of hydrogen-bond acceptors (Lipinski definition) is 4. The number of nitrogens with one attached hydrogen (secondary N) is 1. The highest BCUT2D eigenvalue weighted by atomic mass is 15.3. The Labute approximate surface area is 101 Å². The molecule has 2 rings (SSSR count). The molecule has 5 nitrogen and oxygen atoms in total. The number of aromatic nitrogens is 3. The minimum Gasteiger partial charge on any atom is -0.329 e. The first kappa shape index (κ1) is 11.8. The SMILES string of the molecule is CC(NCCN)c1ccc(-n2cncn2)cc1. The van der Waals surface area contributed by atoms with E-state index in [9.17, 15) is 0 Å². The van der Waals surface area contributed by atoms with E-state index in [-0.39, 0.29) is 0 Å². The van der Waals surface area contributed by atoms with Gasteiger partial charge in [0.25, 0.3) is 0 Å². The molecule has 0 aliphatic heterocycles. The minimum absolute atomic E-state index is 0.309. The van der Waals surface area contributed by atoms with Crippen LogP contribution < -0.4 is 11.1 Å². The zero-order chi connectivity index (χ0) is 12.1. The molecule has 1 aromatic heterocycles. The first-order valence-electron chi connectivity index (χ1n) is 5.69. The standard InChI is InChI=1S/C12H17N5/c1-10(15-7-6-13)11-2-4-12(5-3-11)17-9-14-8-16-17/h2-5,8-10,15H,6-7,13H2,1H3. The van der Waals surface area contributed by atoms with Crippen LogP contribution in [0, 0.1) is 0 Å². The molecule has 90 valence electrons. The topological polar surface area (TPSA) is 68.8 Å². The summed E-state index contributed by atoms with van der Waals surface area (Å²) >= 11 is 0. The van der Waals surface area contributed by atoms with Crippen molar-refractivity contribution in [3.63, 3.8) is 0 Å². The largest absolute Gasteiger partial charge is 0.329 e. The molecule has 3 N–H and O–H groups in total. The van der Waals surface area contributed by atoms with Crippen molar-refractivity contribution in [3.05, 3.63) is 42.5 Å². The molecule has 0 radical (unpaired) electrons. The number of rotatable bonds is 5. The van der Waals surface area contributed by atoms with Gasteiger partial charge in [-0.05, 0) is 24.6 Å². The van der Waals surface area contributed by atoms with E-state index < -0.39 is 0 Å². The van der Waals surface area contributed by atoms with Crippen LogP contribution in [0.25, 0.3) is 5.69 Å². The Kier molecular flexibility index (Phi) is 3.85. The summed E-state index contributed by atoms with van der Waals surface area (Å²) in [5, 5.41) is 7.43. The third kappa shape index (κ3) is 2.89. The maximum atomic E-state index is 5.46. The summed E-state index contributed by atoms with van der Waals surface area (Å²) in [5.74, 6) is 0. The number of hydrogen-bond donors (Lipinski definition) is 2. The van der Waals surface area contributed by atoms with Gasteiger partial charge in [0, 0.05) is 19.1 Å². The van der Waals surface area contributed by atoms with Gasteiger partial charge in [-0.3, -0.25) is 0 Å². The fourth-order valence-corrected chi connectivity index (χ4v) is 1.67. The van der Waals surface area contributed by atoms with Crippen LogP contribution in [0.15, 0.2) is 36.9 Å². The molecule has 1 atom stereocenters. The lowest BCUT2D eigenvalue weighted by Crippen LogP contribution is -2.25. The summed E-state index contributed by atoms with van der Waals surface area (Å²) in [6, 6.07) is 8.55. The maximum absolute atomic E-state index is 5.46. The Morgan fingerprint density at radius 2 is 2.12 bits per heavy atom. The molecule has 0 amide bonds. The predicted octanol–water partition coefficient (Wildman–Crippen LogP) is 0.877. The fraction of sp³-hybridized carbons (Fsp3) is 0.333. The average molecular weight is 231 g/mol. The second kappa shape index (κ2) is 5.56. The van der Waals surface area contributed by atoms with Crippen LogP contribution in [0.2, 0.25) is 0 Å². The zero-order valence-corrected chi connectivity index (χ0v) is 9.87. The Morgan fingerprint density at radius 1 is 1.35 bits per heavy atom. The number of benzene rings is 1. The molecule has 0 bridgehead atoms. The lowest BCUT2D eigenvalue weighted by Gasteiger charge is -2.13. The van der Waals surface area contributed by atoms with Crippen LogP contribution in [-0.4, -0.2) is 27.9 Å². The van der Waals surface area contributed by atoms with Crippen LogP contribution in [0.3, 0.4) is 0 Å². The Hall–Kier alpha value is -1.72. The molecule has 1 heterocycles. The third-order valence-electron chi connectivity index (χ3n) is 2.67. The van der Waals surface area contributed by atoms with Gasteiger partial charge >= 0.3 is 0 Å². The monoisotopic (exact) mass is 231 g/mol. The minimum atomic E-state index is 0.309. The number of nitrogens with two attached hydrogens (primary N) is 1. The molecule has 0 saturated heterocycles. The smallest absolute Gasteiger partial charge is 0.138 e. The van der Waals surface area contributed by atoms with E-state index in [1.807, 2.05) is 12.1 Å². The van der Waals surface area contributed by atoms with Crippen LogP contribution in [0.4, 0.5) is 0 Å². The van der Waals surface area contributed by atoms with E-state index in [2.05, 4.69) is 34.5 Å². The Balaban J connectivity index is 2.08. The van der Waals surface area contributed by atoms with Crippen LogP contribution in [-0.2, 0) is 0 Å². The van der Waals surface area contributed by atoms with Crippen molar-refractivity contribution in [2.45, 2.75) is 13.0 Å². The molecule has 2 aromatic rings. The second-order valence-corrected chi connectivity index (χ2v) is 3.90. The summed E-state index contributed by atoms with van der Waals surface area (Å²) in [6.45, 7) is 3.60. The molecule has 0 spiro atoms. The summed E-state index contributed by atoms with van der Waals surface area (Å²) in [5.41, 5.74) is 7.71. The summed E-state index contributed by atoms with van der Waals surface area (Å²) < 4.78 is 1.74. The summed E-state index contributed by atoms with van der Waals surface area (Å²) in [4.78, 5) is 3.92. The molecule has 5 heteroatoms. The van der Waals surface area contributed by atoms with Gasteiger partial charge in [-0.1, -0.05) is 12.1 Å². The highest BCUT2D eigenvalue weighted by molar-refractivity contribution is 5.34. The van der Waals surface area contributed by atoms with Crippen molar-refractivity contribution in [1.82, 2.24) is 20.1 Å². The normalized spacial score (nSPS) is 12.6. The number of nitrogens with zero attached hydrogens (tertiary/aromatic N) is 3. The predicted molar refractivity (Wildman–Crippen MR) is 66.8 cm³/mol. The van der Waals surface area contributed by atoms with E-state index in [1.54, 1.807) is 11.0 Å². The van der Waals surface area contributed by atoms with Crippen molar-refractivity contribution < 1.29 is 0 Å². The van der Waals surface area contributed by atoms with Crippen molar-refractivity contribution in [2.75, 3.05) is 13.1 Å². The first-order valence-corrected chi connectivity index (χ1v) is 5.69. The van der Waals surface area contributed by atoms with Crippen LogP contribution in [0.5, 0.6) is 0 Å². The van der Waals surface area contributed by atoms with Gasteiger partial charge < -0.3 is 11.1 Å². The van der Waals surface area contributed by atoms with E-state index in [4.69, 9.17) is 5.73 Å². The van der Waals surface area contributed by atoms with E-state index >= 15 is 0 Å². The first-order chi connectivity index (χ1) is 8.31. The lowest BCUT2D eigenvalue weighted by atomic mass is 10.1. The van der Waals surface area contributed by atoms with Gasteiger partial charge in [0.05, 0.1) is 5.69 Å². The second-order valence-electron chi connectivity index (χ2n) is 3.90. The van der Waals surface area contributed by atoms with Crippen molar-refractivity contribution in [2.24, 2.45) is 5.73 Å². The molecular weight excluding hydrogens is 214 g/mol. The average Bonchev–Trinajstić information content (AvgIpc) is 2.90. The molecule has 0 aliphatic carbocycles. The van der Waals surface area contributed by atoms with Gasteiger partial charge in [-0.15, -0.1) is 0 Å². The third-order valence-corrected chi connectivity index (χ3v) is 2.67. The highest BCUT2D eigenvalue weighted by Crippen LogP contribution is 2.14. The van der Waals surface area contributed by atoms with Crippen LogP contribution in [0.1, 0.15) is 18.5 Å². The molecule has 1 unspecified atom stereocenters. The van der Waals surface area contributed by atoms with Gasteiger partial charge in [-0.2, -0.15) is 5.10 Å². The van der Waals surface area contributed by atoms with Gasteiger partial charge in [0.2, 0.25) is 0 Å². The molecule has 0 aliphatic rings. The highest BCUT2D eigenvalue weighted by Gasteiger charge is 2.04. The summed E-state index contributed by atoms with van der Waals surface area (Å²) in [6.07, 6.45) is 3.21.